The molecule has 0 bridgehead atoms. The molecule has 26 heavy (non-hydrogen) atoms. The van der Waals surface area contributed by atoms with Crippen molar-refractivity contribution in [3.63, 3.8) is 0 Å². The number of carbonyl (C=O) groups excluding carboxylic acids is 1. The van der Waals surface area contributed by atoms with Crippen molar-refractivity contribution in [1.82, 2.24) is 5.32 Å². The molecule has 0 fully saturated rings. The van der Waals surface area contributed by atoms with Gasteiger partial charge in [-0.15, -0.1) is 0 Å². The quantitative estimate of drug-likeness (QED) is 0.684. The average molecular weight is 364 g/mol. The third-order valence-corrected chi connectivity index (χ3v) is 4.07. The number of amides is 1. The highest BCUT2D eigenvalue weighted by Crippen LogP contribution is 2.41. The maximum Gasteiger partial charge on any atom is 0.407 e. The molecule has 4 N–H and O–H groups in total. The predicted octanol–water partition coefficient (Wildman–Crippen LogP) is 4.07. The van der Waals surface area contributed by atoms with Crippen molar-refractivity contribution in [2.75, 3.05) is 5.73 Å². The van der Waals surface area contributed by atoms with Crippen LogP contribution in [0.2, 0.25) is 0 Å². The zero-order valence-corrected chi connectivity index (χ0v) is 16.8. The number of alkyl carbamates (subject to hydrolysis) is 1. The first-order valence-electron chi connectivity index (χ1n) is 8.78. The summed E-state index contributed by atoms with van der Waals surface area (Å²) in [7, 11) is 0. The summed E-state index contributed by atoms with van der Waals surface area (Å²) in [6, 6.07) is 4.94. The van der Waals surface area contributed by atoms with Gasteiger partial charge in [0.1, 0.15) is 5.60 Å². The lowest BCUT2D eigenvalue weighted by Crippen LogP contribution is -2.46. The number of carbonyl (C=O) groups is 2. The van der Waals surface area contributed by atoms with Gasteiger partial charge in [0.25, 0.3) is 0 Å². The molecule has 6 nitrogen and oxygen atoms in total. The fourth-order valence-electron chi connectivity index (χ4n) is 3.18. The Labute approximate surface area is 156 Å². The lowest BCUT2D eigenvalue weighted by atomic mass is 9.70. The van der Waals surface area contributed by atoms with E-state index in [-0.39, 0.29) is 17.8 Å². The molecule has 0 aromatic heterocycles. The molecule has 6 heteroatoms. The number of ether oxygens (including phenoxy) is 1. The molecule has 0 aliphatic heterocycles. The minimum absolute atomic E-state index is 0.213. The summed E-state index contributed by atoms with van der Waals surface area (Å²) in [5.41, 5.74) is 7.52. The van der Waals surface area contributed by atoms with Crippen LogP contribution in [0.1, 0.15) is 65.0 Å². The smallest absolute Gasteiger partial charge is 0.407 e. The Morgan fingerprint density at radius 2 is 1.77 bits per heavy atom. The molecule has 0 heterocycles. The van der Waals surface area contributed by atoms with E-state index in [1.165, 1.54) is 0 Å². The third kappa shape index (κ3) is 6.58. The molecule has 1 rings (SSSR count). The Bertz CT molecular complexity index is 657. The van der Waals surface area contributed by atoms with E-state index in [0.29, 0.717) is 5.69 Å². The van der Waals surface area contributed by atoms with Crippen molar-refractivity contribution >= 4 is 17.7 Å². The van der Waals surface area contributed by atoms with E-state index in [2.05, 4.69) is 5.32 Å². The van der Waals surface area contributed by atoms with Crippen molar-refractivity contribution < 1.29 is 19.4 Å². The zero-order chi connectivity index (χ0) is 20.3. The van der Waals surface area contributed by atoms with Crippen LogP contribution >= 0.6 is 0 Å². The summed E-state index contributed by atoms with van der Waals surface area (Å²) < 4.78 is 5.33. The van der Waals surface area contributed by atoms with Crippen molar-refractivity contribution in [3.8, 4) is 0 Å². The van der Waals surface area contributed by atoms with E-state index in [0.717, 1.165) is 11.1 Å². The maximum absolute atomic E-state index is 12.3. The Balaban J connectivity index is 3.33. The summed E-state index contributed by atoms with van der Waals surface area (Å²) in [6.45, 7) is 13.3. The number of aliphatic carboxylic acids is 1. The molecule has 0 aliphatic carbocycles. The molecule has 1 aromatic rings. The van der Waals surface area contributed by atoms with E-state index in [9.17, 15) is 14.7 Å². The van der Waals surface area contributed by atoms with Gasteiger partial charge in [-0.1, -0.05) is 26.8 Å². The first kappa shape index (κ1) is 21.8. The molecular weight excluding hydrogens is 332 g/mol. The van der Waals surface area contributed by atoms with Crippen LogP contribution in [0, 0.1) is 12.3 Å². The van der Waals surface area contributed by atoms with Gasteiger partial charge in [0.2, 0.25) is 0 Å². The van der Waals surface area contributed by atoms with Crippen LogP contribution < -0.4 is 11.1 Å². The van der Waals surface area contributed by atoms with E-state index in [4.69, 9.17) is 10.5 Å². The minimum Gasteiger partial charge on any atom is -0.481 e. The molecule has 1 unspecified atom stereocenters. The van der Waals surface area contributed by atoms with Gasteiger partial charge in [-0.05, 0) is 56.4 Å². The average Bonchev–Trinajstić information content (AvgIpc) is 2.38. The molecule has 146 valence electrons. The lowest BCUT2D eigenvalue weighted by Gasteiger charge is -2.38. The number of rotatable bonds is 5. The molecule has 0 saturated carbocycles. The van der Waals surface area contributed by atoms with Crippen molar-refractivity contribution in [2.45, 2.75) is 72.4 Å². The zero-order valence-electron chi connectivity index (χ0n) is 16.8. The molecule has 1 amide bonds. The molecule has 0 saturated heterocycles. The second-order valence-corrected chi connectivity index (χ2v) is 8.81. The maximum atomic E-state index is 12.3. The van der Waals surface area contributed by atoms with Crippen molar-refractivity contribution in [1.29, 1.82) is 0 Å². The number of anilines is 1. The minimum atomic E-state index is -0.984. The van der Waals surface area contributed by atoms with E-state index >= 15 is 0 Å². The van der Waals surface area contributed by atoms with Crippen LogP contribution in [0.3, 0.4) is 0 Å². The lowest BCUT2D eigenvalue weighted by molar-refractivity contribution is -0.137. The number of nitrogens with one attached hydrogen (secondary N) is 1. The number of hydrogen-bond acceptors (Lipinski definition) is 4. The monoisotopic (exact) mass is 364 g/mol. The molecule has 0 spiro atoms. The van der Waals surface area contributed by atoms with Gasteiger partial charge in [-0.3, -0.25) is 4.79 Å². The van der Waals surface area contributed by atoms with Crippen LogP contribution in [-0.2, 0) is 9.53 Å². The van der Waals surface area contributed by atoms with Crippen LogP contribution in [0.5, 0.6) is 0 Å². The van der Waals surface area contributed by atoms with Crippen LogP contribution in [0.25, 0.3) is 0 Å². The van der Waals surface area contributed by atoms with Crippen molar-refractivity contribution in [3.05, 3.63) is 29.3 Å². The molecule has 1 aromatic carbocycles. The summed E-state index contributed by atoms with van der Waals surface area (Å²) >= 11 is 0. The number of nitrogens with two attached hydrogens (primary N) is 1. The highest BCUT2D eigenvalue weighted by atomic mass is 16.6. The molecule has 0 radical (unpaired) electrons. The first-order valence-corrected chi connectivity index (χ1v) is 8.78. The second kappa shape index (κ2) is 7.98. The summed E-state index contributed by atoms with van der Waals surface area (Å²) in [5.74, 6) is -1.24. The Kier molecular flexibility index (Phi) is 6.69. The summed E-state index contributed by atoms with van der Waals surface area (Å²) in [6.07, 6.45) is -0.838. The number of carboxylic acid groups (broad SMARTS) is 1. The number of hydrogen-bond donors (Lipinski definition) is 3. The first-order chi connectivity index (χ1) is 11.7. The number of nitrogen functional groups attached to an aromatic ring is 1. The van der Waals surface area contributed by atoms with Gasteiger partial charge in [-0.2, -0.15) is 0 Å². The topological polar surface area (TPSA) is 102 Å². The standard InChI is InChI=1S/C20H32N2O4/c1-12-8-9-13(21)10-14(12)17(19(2,3)4)15(11-16(23)24)22-18(25)26-20(5,6)7/h8-10,15,17H,11,21H2,1-7H3,(H,22,25)(H,23,24)/t15-,17?/m1/s1. The third-order valence-electron chi connectivity index (χ3n) is 4.07. The normalized spacial score (nSPS) is 14.4. The number of aryl methyl sites for hydroxylation is 1. The van der Waals surface area contributed by atoms with E-state index < -0.39 is 23.7 Å². The largest absolute Gasteiger partial charge is 0.481 e. The van der Waals surface area contributed by atoms with E-state index in [1.54, 1.807) is 20.8 Å². The van der Waals surface area contributed by atoms with Gasteiger partial charge in [0.05, 0.1) is 6.42 Å². The fraction of sp³-hybridized carbons (Fsp3) is 0.600. The highest BCUT2D eigenvalue weighted by Gasteiger charge is 2.37. The second-order valence-electron chi connectivity index (χ2n) is 8.81. The summed E-state index contributed by atoms with van der Waals surface area (Å²) in [4.78, 5) is 23.8. The Morgan fingerprint density at radius 3 is 2.23 bits per heavy atom. The van der Waals surface area contributed by atoms with Crippen LogP contribution in [-0.4, -0.2) is 28.8 Å². The summed E-state index contributed by atoms with van der Waals surface area (Å²) in [5, 5.41) is 12.2. The molecule has 2 atom stereocenters. The fourth-order valence-corrected chi connectivity index (χ4v) is 3.18. The Morgan fingerprint density at radius 1 is 1.19 bits per heavy atom. The SMILES string of the molecule is Cc1ccc(N)cc1C([C@@H](CC(=O)O)NC(=O)OC(C)(C)C)C(C)(C)C. The number of benzene rings is 1. The van der Waals surface area contributed by atoms with Gasteiger partial charge in [0, 0.05) is 17.6 Å². The van der Waals surface area contributed by atoms with Crippen molar-refractivity contribution in [2.24, 2.45) is 5.41 Å². The van der Waals surface area contributed by atoms with Gasteiger partial charge < -0.3 is 20.9 Å². The van der Waals surface area contributed by atoms with Crippen LogP contribution in [0.4, 0.5) is 10.5 Å². The molecular formula is C20H32N2O4. The Hall–Kier alpha value is -2.24. The van der Waals surface area contributed by atoms with Gasteiger partial charge in [-0.25, -0.2) is 4.79 Å². The van der Waals surface area contributed by atoms with Gasteiger partial charge >= 0.3 is 12.1 Å². The highest BCUT2D eigenvalue weighted by molar-refractivity contribution is 5.72. The van der Waals surface area contributed by atoms with E-state index in [1.807, 2.05) is 45.9 Å². The van der Waals surface area contributed by atoms with Gasteiger partial charge in [0.15, 0.2) is 0 Å². The number of carboxylic acids is 1. The predicted molar refractivity (Wildman–Crippen MR) is 103 cm³/mol. The van der Waals surface area contributed by atoms with Crippen LogP contribution in [0.15, 0.2) is 18.2 Å². The molecule has 0 aliphatic rings.